The number of hydrogen-bond acceptors (Lipinski definition) is 6. The van der Waals surface area contributed by atoms with Crippen LogP contribution in [-0.2, 0) is 0 Å². The third-order valence-electron chi connectivity index (χ3n) is 3.93. The van der Waals surface area contributed by atoms with E-state index in [1.54, 1.807) is 12.1 Å². The summed E-state index contributed by atoms with van der Waals surface area (Å²) in [7, 11) is 0. The molecule has 1 aromatic carbocycles. The molecule has 8 heteroatoms. The van der Waals surface area contributed by atoms with Gasteiger partial charge in [-0.15, -0.1) is 5.10 Å². The highest BCUT2D eigenvalue weighted by Crippen LogP contribution is 2.47. The molecular weight excluding hydrogens is 320 g/mol. The summed E-state index contributed by atoms with van der Waals surface area (Å²) < 4.78 is 16.2. The predicted octanol–water partition coefficient (Wildman–Crippen LogP) is 2.32. The minimum Gasteiger partial charge on any atom is -0.454 e. The monoisotopic (exact) mass is 330 g/mol. The van der Waals surface area contributed by atoms with Crippen molar-refractivity contribution in [2.75, 3.05) is 6.79 Å². The minimum atomic E-state index is -0.482. The van der Waals surface area contributed by atoms with Gasteiger partial charge in [-0.3, -0.25) is 5.10 Å². The first-order valence-electron chi connectivity index (χ1n) is 6.81. The van der Waals surface area contributed by atoms with E-state index in [1.165, 1.54) is 0 Å². The summed E-state index contributed by atoms with van der Waals surface area (Å²) in [5.74, 6) is 1.03. The van der Waals surface area contributed by atoms with Gasteiger partial charge in [0, 0.05) is 22.3 Å². The number of aromatic nitrogens is 2. The molecule has 0 saturated carbocycles. The maximum atomic E-state index is 9.53. The number of nitrogens with zero attached hydrogens (tertiary/aromatic N) is 2. The first kappa shape index (κ1) is 13.8. The number of nitriles is 1. The van der Waals surface area contributed by atoms with Crippen molar-refractivity contribution in [3.05, 3.63) is 45.4 Å². The Kier molecular flexibility index (Phi) is 2.89. The van der Waals surface area contributed by atoms with Crippen molar-refractivity contribution in [3.63, 3.8) is 0 Å². The molecule has 0 fully saturated rings. The summed E-state index contributed by atoms with van der Waals surface area (Å²) in [6, 6.07) is 5.55. The van der Waals surface area contributed by atoms with Crippen molar-refractivity contribution in [1.82, 2.24) is 10.2 Å². The van der Waals surface area contributed by atoms with E-state index in [0.29, 0.717) is 28.0 Å². The highest BCUT2D eigenvalue weighted by Gasteiger charge is 2.36. The fourth-order valence-electron chi connectivity index (χ4n) is 2.86. The van der Waals surface area contributed by atoms with E-state index in [4.69, 9.17) is 31.5 Å². The zero-order chi connectivity index (χ0) is 16.1. The molecule has 116 valence electrons. The Bertz CT molecular complexity index is 897. The summed E-state index contributed by atoms with van der Waals surface area (Å²) in [6.07, 6.45) is 0. The largest absolute Gasteiger partial charge is 0.454 e. The number of nitrogens with two attached hydrogens (primary N) is 1. The standard InChI is InChI=1S/C15H11ClN4O3/c1-6-12-13(8(4-17)14(18)23-15(12)20-19-6)7-2-10-11(3-9(7)16)22-5-21-10/h2-3,13H,5,18H2,1H3,(H,19,20)/t13-/m1/s1. The zero-order valence-corrected chi connectivity index (χ0v) is 12.8. The molecule has 0 spiro atoms. The Morgan fingerprint density at radius 3 is 2.87 bits per heavy atom. The van der Waals surface area contributed by atoms with Crippen LogP contribution in [0.3, 0.4) is 0 Å². The van der Waals surface area contributed by atoms with Crippen molar-refractivity contribution < 1.29 is 14.2 Å². The molecule has 1 aromatic heterocycles. The van der Waals surface area contributed by atoms with Crippen LogP contribution in [0.15, 0.2) is 23.6 Å². The van der Waals surface area contributed by atoms with Crippen molar-refractivity contribution in [3.8, 4) is 23.4 Å². The molecule has 2 aliphatic rings. The second-order valence-electron chi connectivity index (χ2n) is 5.22. The lowest BCUT2D eigenvalue weighted by atomic mass is 9.84. The second-order valence-corrected chi connectivity index (χ2v) is 5.63. The van der Waals surface area contributed by atoms with Crippen LogP contribution >= 0.6 is 11.6 Å². The number of aryl methyl sites for hydroxylation is 1. The Morgan fingerprint density at radius 1 is 1.39 bits per heavy atom. The molecule has 0 amide bonds. The summed E-state index contributed by atoms with van der Waals surface area (Å²) >= 11 is 6.42. The van der Waals surface area contributed by atoms with Crippen LogP contribution in [0.2, 0.25) is 5.02 Å². The molecule has 0 bridgehead atoms. The van der Waals surface area contributed by atoms with Crippen LogP contribution in [0.5, 0.6) is 17.4 Å². The Hall–Kier alpha value is -2.85. The number of nitrogens with one attached hydrogen (secondary N) is 1. The lowest BCUT2D eigenvalue weighted by Crippen LogP contribution is -2.21. The van der Waals surface area contributed by atoms with Gasteiger partial charge in [-0.2, -0.15) is 5.26 Å². The number of benzene rings is 1. The molecular formula is C15H11ClN4O3. The Balaban J connectivity index is 1.97. The van der Waals surface area contributed by atoms with Gasteiger partial charge in [0.2, 0.25) is 18.6 Å². The number of halogens is 1. The Labute approximate surface area is 136 Å². The first-order chi connectivity index (χ1) is 11.1. The summed E-state index contributed by atoms with van der Waals surface area (Å²) in [5, 5.41) is 16.9. The van der Waals surface area contributed by atoms with Gasteiger partial charge in [0.15, 0.2) is 11.5 Å². The van der Waals surface area contributed by atoms with Gasteiger partial charge >= 0.3 is 0 Å². The number of allylic oxidation sites excluding steroid dienone is 1. The van der Waals surface area contributed by atoms with Crippen molar-refractivity contribution in [1.29, 1.82) is 5.26 Å². The highest BCUT2D eigenvalue weighted by molar-refractivity contribution is 6.31. The molecule has 2 aromatic rings. The second kappa shape index (κ2) is 4.83. The molecule has 4 rings (SSSR count). The van der Waals surface area contributed by atoms with Crippen LogP contribution in [0.1, 0.15) is 22.7 Å². The van der Waals surface area contributed by atoms with Gasteiger partial charge in [0.25, 0.3) is 0 Å². The van der Waals surface area contributed by atoms with Gasteiger partial charge in [0.05, 0.1) is 5.92 Å². The van der Waals surface area contributed by atoms with Gasteiger partial charge < -0.3 is 19.9 Å². The van der Waals surface area contributed by atoms with Crippen LogP contribution in [-0.4, -0.2) is 17.0 Å². The van der Waals surface area contributed by atoms with Crippen LogP contribution in [0, 0.1) is 18.3 Å². The quantitative estimate of drug-likeness (QED) is 0.831. The molecule has 23 heavy (non-hydrogen) atoms. The van der Waals surface area contributed by atoms with E-state index in [1.807, 2.05) is 6.92 Å². The SMILES string of the molecule is Cc1[nH]nc2c1[C@H](c1cc3c(cc1Cl)OCO3)C(C#N)=C(N)O2. The third kappa shape index (κ3) is 1.92. The fourth-order valence-corrected chi connectivity index (χ4v) is 3.13. The molecule has 0 unspecified atom stereocenters. The molecule has 7 nitrogen and oxygen atoms in total. The van der Waals surface area contributed by atoms with Crippen LogP contribution in [0.4, 0.5) is 0 Å². The lowest BCUT2D eigenvalue weighted by molar-refractivity contribution is 0.174. The molecule has 0 radical (unpaired) electrons. The van der Waals surface area contributed by atoms with Gasteiger partial charge in [-0.25, -0.2) is 0 Å². The molecule has 0 aliphatic carbocycles. The maximum Gasteiger partial charge on any atom is 0.244 e. The van der Waals surface area contributed by atoms with Gasteiger partial charge in [-0.05, 0) is 18.6 Å². The van der Waals surface area contributed by atoms with Crippen molar-refractivity contribution >= 4 is 11.6 Å². The van der Waals surface area contributed by atoms with E-state index in [-0.39, 0.29) is 18.2 Å². The first-order valence-corrected chi connectivity index (χ1v) is 7.19. The number of H-pyrrole nitrogens is 1. The molecule has 2 aliphatic heterocycles. The van der Waals surface area contributed by atoms with Crippen molar-refractivity contribution in [2.24, 2.45) is 5.73 Å². The zero-order valence-electron chi connectivity index (χ0n) is 12.0. The average molecular weight is 331 g/mol. The van der Waals surface area contributed by atoms with Crippen molar-refractivity contribution in [2.45, 2.75) is 12.8 Å². The van der Waals surface area contributed by atoms with Gasteiger partial charge in [0.1, 0.15) is 11.6 Å². The fraction of sp³-hybridized carbons (Fsp3) is 0.200. The molecule has 0 saturated heterocycles. The number of rotatable bonds is 1. The van der Waals surface area contributed by atoms with E-state index in [0.717, 1.165) is 11.3 Å². The number of fused-ring (bicyclic) bond motifs is 2. The van der Waals surface area contributed by atoms with Crippen LogP contribution < -0.4 is 19.9 Å². The van der Waals surface area contributed by atoms with E-state index >= 15 is 0 Å². The summed E-state index contributed by atoms with van der Waals surface area (Å²) in [6.45, 7) is 1.99. The van der Waals surface area contributed by atoms with Gasteiger partial charge in [-0.1, -0.05) is 11.6 Å². The Morgan fingerprint density at radius 2 is 2.13 bits per heavy atom. The van der Waals surface area contributed by atoms with E-state index in [2.05, 4.69) is 16.3 Å². The predicted molar refractivity (Wildman–Crippen MR) is 80.2 cm³/mol. The van der Waals surface area contributed by atoms with Crippen LogP contribution in [0.25, 0.3) is 0 Å². The minimum absolute atomic E-state index is 0.0187. The summed E-state index contributed by atoms with van der Waals surface area (Å²) in [4.78, 5) is 0. The average Bonchev–Trinajstić information content (AvgIpc) is 3.11. The number of aromatic amines is 1. The van der Waals surface area contributed by atoms with E-state index < -0.39 is 5.92 Å². The smallest absolute Gasteiger partial charge is 0.244 e. The lowest BCUT2D eigenvalue weighted by Gasteiger charge is -2.24. The number of hydrogen-bond donors (Lipinski definition) is 2. The molecule has 3 N–H and O–H groups in total. The summed E-state index contributed by atoms with van der Waals surface area (Å²) in [5.41, 5.74) is 8.36. The van der Waals surface area contributed by atoms with E-state index in [9.17, 15) is 5.26 Å². The maximum absolute atomic E-state index is 9.53. The normalized spacial score (nSPS) is 18.4. The topological polar surface area (TPSA) is 106 Å². The molecule has 1 atom stereocenters. The molecule has 3 heterocycles. The number of ether oxygens (including phenoxy) is 3. The third-order valence-corrected chi connectivity index (χ3v) is 4.26. The highest BCUT2D eigenvalue weighted by atomic mass is 35.5.